The Bertz CT molecular complexity index is 1350. The molecule has 2 aromatic heterocycles. The first-order chi connectivity index (χ1) is 15.9. The van der Waals surface area contributed by atoms with Gasteiger partial charge in [-0.2, -0.15) is 0 Å². The Kier molecular flexibility index (Phi) is 5.54. The lowest BCUT2D eigenvalue weighted by molar-refractivity contribution is 0.0698. The summed E-state index contributed by atoms with van der Waals surface area (Å²) in [6.07, 6.45) is 4.08. The maximum Gasteiger partial charge on any atom is 0.337 e. The molecule has 0 radical (unpaired) electrons. The van der Waals surface area contributed by atoms with Gasteiger partial charge in [0.25, 0.3) is 0 Å². The van der Waals surface area contributed by atoms with Crippen LogP contribution < -0.4 is 5.32 Å². The first-order valence-corrected chi connectivity index (χ1v) is 11.5. The van der Waals surface area contributed by atoms with Gasteiger partial charge in [-0.05, 0) is 74.6 Å². The number of nitrogens with one attached hydrogen (secondary N) is 1. The van der Waals surface area contributed by atoms with E-state index >= 15 is 0 Å². The van der Waals surface area contributed by atoms with Crippen LogP contribution in [0.15, 0.2) is 48.8 Å². The van der Waals surface area contributed by atoms with Crippen molar-refractivity contribution >= 4 is 28.1 Å². The molecular weight excluding hydrogens is 414 g/mol. The summed E-state index contributed by atoms with van der Waals surface area (Å²) >= 11 is 0. The summed E-state index contributed by atoms with van der Waals surface area (Å²) in [6, 6.07) is 13.7. The van der Waals surface area contributed by atoms with Crippen LogP contribution in [0.1, 0.15) is 64.5 Å². The third-order valence-electron chi connectivity index (χ3n) is 6.71. The molecule has 0 spiro atoms. The molecule has 0 saturated carbocycles. The molecule has 6 nitrogen and oxygen atoms in total. The number of imidazole rings is 1. The number of para-hydroxylation sites is 1. The molecule has 0 aliphatic carbocycles. The highest BCUT2D eigenvalue weighted by Gasteiger charge is 2.23. The Labute approximate surface area is 193 Å². The number of aromatic nitrogens is 2. The van der Waals surface area contributed by atoms with E-state index in [1.165, 1.54) is 11.1 Å². The summed E-state index contributed by atoms with van der Waals surface area (Å²) < 4.78 is 8.04. The van der Waals surface area contributed by atoms with E-state index in [1.807, 2.05) is 18.5 Å². The molecule has 6 heteroatoms. The topological polar surface area (TPSA) is 75.9 Å². The predicted octanol–water partition coefficient (Wildman–Crippen LogP) is 5.87. The van der Waals surface area contributed by atoms with E-state index in [0.29, 0.717) is 11.6 Å². The third-order valence-corrected chi connectivity index (χ3v) is 6.71. The van der Waals surface area contributed by atoms with Crippen molar-refractivity contribution in [1.82, 2.24) is 9.38 Å². The van der Waals surface area contributed by atoms with Gasteiger partial charge in [0.1, 0.15) is 6.33 Å². The second kappa shape index (κ2) is 8.52. The Morgan fingerprint density at radius 1 is 1.24 bits per heavy atom. The lowest BCUT2D eigenvalue weighted by Gasteiger charge is -2.25. The number of fused-ring (bicyclic) bond motifs is 3. The van der Waals surface area contributed by atoms with Crippen LogP contribution in [0.3, 0.4) is 0 Å². The fraction of sp³-hybridized carbons (Fsp3) is 0.333. The average Bonchev–Trinajstić information content (AvgIpc) is 3.21. The van der Waals surface area contributed by atoms with Gasteiger partial charge in [0.15, 0.2) is 0 Å². The standard InChI is InChI=1S/C27H29N3O3/c1-16-11-21(17(2)29-24-9-5-4-8-20(24)27(31)32)23-13-22(19-7-6-10-33-14-19)26-18(3)28-15-30(26)25(23)12-16/h4-5,8-9,11-13,15,17,19,29H,6-7,10,14H2,1-3H3,(H,31,32). The molecule has 1 saturated heterocycles. The first kappa shape index (κ1) is 21.5. The van der Waals surface area contributed by atoms with Crippen molar-refractivity contribution in [3.8, 4) is 0 Å². The molecule has 5 rings (SSSR count). The number of pyridine rings is 1. The number of nitrogens with zero attached hydrogens (tertiary/aromatic N) is 2. The molecule has 4 aromatic rings. The number of benzene rings is 2. The lowest BCUT2D eigenvalue weighted by atomic mass is 9.89. The van der Waals surface area contributed by atoms with E-state index in [1.54, 1.807) is 12.1 Å². The van der Waals surface area contributed by atoms with Crippen LogP contribution >= 0.6 is 0 Å². The minimum absolute atomic E-state index is 0.0922. The predicted molar refractivity (Wildman–Crippen MR) is 130 cm³/mol. The normalized spacial score (nSPS) is 17.4. The maximum absolute atomic E-state index is 11.7. The van der Waals surface area contributed by atoms with E-state index in [-0.39, 0.29) is 11.6 Å². The van der Waals surface area contributed by atoms with Crippen LogP contribution in [0.4, 0.5) is 5.69 Å². The summed E-state index contributed by atoms with van der Waals surface area (Å²) in [5.41, 5.74) is 7.77. The summed E-state index contributed by atoms with van der Waals surface area (Å²) in [4.78, 5) is 16.4. The second-order valence-electron chi connectivity index (χ2n) is 9.07. The average molecular weight is 444 g/mol. The monoisotopic (exact) mass is 443 g/mol. The summed E-state index contributed by atoms with van der Waals surface area (Å²) in [6.45, 7) is 7.80. The van der Waals surface area contributed by atoms with Gasteiger partial charge in [-0.15, -0.1) is 0 Å². The zero-order valence-corrected chi connectivity index (χ0v) is 19.3. The fourth-order valence-electron chi connectivity index (χ4n) is 5.12. The minimum atomic E-state index is -0.936. The number of carboxylic acids is 1. The smallest absolute Gasteiger partial charge is 0.337 e. The van der Waals surface area contributed by atoms with Gasteiger partial charge in [0.05, 0.1) is 28.9 Å². The molecule has 1 fully saturated rings. The Morgan fingerprint density at radius 3 is 2.82 bits per heavy atom. The van der Waals surface area contributed by atoms with Gasteiger partial charge in [0.2, 0.25) is 0 Å². The van der Waals surface area contributed by atoms with Gasteiger partial charge in [0, 0.05) is 29.6 Å². The van der Waals surface area contributed by atoms with Gasteiger partial charge in [-0.25, -0.2) is 9.78 Å². The van der Waals surface area contributed by atoms with E-state index in [0.717, 1.165) is 53.8 Å². The van der Waals surface area contributed by atoms with Crippen molar-refractivity contribution < 1.29 is 14.6 Å². The molecule has 2 aromatic carbocycles. The highest BCUT2D eigenvalue weighted by molar-refractivity contribution is 5.94. The molecule has 2 N–H and O–H groups in total. The van der Waals surface area contributed by atoms with Crippen molar-refractivity contribution in [3.05, 3.63) is 76.7 Å². The zero-order valence-electron chi connectivity index (χ0n) is 19.3. The number of aromatic carboxylic acids is 1. The molecule has 1 aliphatic heterocycles. The Morgan fingerprint density at radius 2 is 2.06 bits per heavy atom. The van der Waals surface area contributed by atoms with Crippen LogP contribution in [-0.2, 0) is 4.74 Å². The number of hydrogen-bond donors (Lipinski definition) is 2. The number of rotatable bonds is 5. The number of ether oxygens (including phenoxy) is 1. The SMILES string of the molecule is Cc1cc(C(C)Nc2ccccc2C(=O)O)c2cc(C3CCCOC3)c3c(C)ncn3c2c1. The van der Waals surface area contributed by atoms with Gasteiger partial charge >= 0.3 is 5.97 Å². The van der Waals surface area contributed by atoms with E-state index in [2.05, 4.69) is 53.7 Å². The van der Waals surface area contributed by atoms with Gasteiger partial charge in [-0.1, -0.05) is 18.2 Å². The molecule has 2 unspecified atom stereocenters. The number of carboxylic acid groups (broad SMARTS) is 1. The zero-order chi connectivity index (χ0) is 23.1. The second-order valence-corrected chi connectivity index (χ2v) is 9.07. The molecule has 0 amide bonds. The molecule has 3 heterocycles. The summed E-state index contributed by atoms with van der Waals surface area (Å²) in [5.74, 6) is -0.596. The van der Waals surface area contributed by atoms with Crippen LogP contribution in [0, 0.1) is 13.8 Å². The molecule has 33 heavy (non-hydrogen) atoms. The Balaban J connectivity index is 1.68. The van der Waals surface area contributed by atoms with Crippen LogP contribution in [-0.4, -0.2) is 33.7 Å². The fourth-order valence-corrected chi connectivity index (χ4v) is 5.12. The van der Waals surface area contributed by atoms with Gasteiger partial charge in [-0.3, -0.25) is 4.40 Å². The minimum Gasteiger partial charge on any atom is -0.478 e. The molecule has 0 bridgehead atoms. The molecule has 2 atom stereocenters. The van der Waals surface area contributed by atoms with Crippen LogP contribution in [0.2, 0.25) is 0 Å². The van der Waals surface area contributed by atoms with Crippen molar-refractivity contribution in [1.29, 1.82) is 0 Å². The maximum atomic E-state index is 11.7. The van der Waals surface area contributed by atoms with Crippen molar-refractivity contribution in [2.45, 2.75) is 45.6 Å². The number of hydrogen-bond acceptors (Lipinski definition) is 4. The molecule has 170 valence electrons. The number of carbonyl (C=O) groups is 1. The van der Waals surface area contributed by atoms with Crippen molar-refractivity contribution in [3.63, 3.8) is 0 Å². The van der Waals surface area contributed by atoms with Crippen molar-refractivity contribution in [2.24, 2.45) is 0 Å². The van der Waals surface area contributed by atoms with Crippen LogP contribution in [0.5, 0.6) is 0 Å². The highest BCUT2D eigenvalue weighted by Crippen LogP contribution is 2.37. The largest absolute Gasteiger partial charge is 0.478 e. The van der Waals surface area contributed by atoms with Crippen LogP contribution in [0.25, 0.3) is 16.4 Å². The van der Waals surface area contributed by atoms with Gasteiger partial charge < -0.3 is 15.2 Å². The number of anilines is 1. The summed E-state index contributed by atoms with van der Waals surface area (Å²) in [7, 11) is 0. The van der Waals surface area contributed by atoms with Crippen molar-refractivity contribution in [2.75, 3.05) is 18.5 Å². The molecular formula is C27H29N3O3. The lowest BCUT2D eigenvalue weighted by Crippen LogP contribution is -2.17. The van der Waals surface area contributed by atoms with E-state index in [9.17, 15) is 9.90 Å². The Hall–Kier alpha value is -3.38. The molecule has 1 aliphatic rings. The third kappa shape index (κ3) is 3.85. The first-order valence-electron chi connectivity index (χ1n) is 11.5. The van der Waals surface area contributed by atoms with E-state index < -0.39 is 5.97 Å². The summed E-state index contributed by atoms with van der Waals surface area (Å²) in [5, 5.41) is 14.2. The quantitative estimate of drug-likeness (QED) is 0.403. The van der Waals surface area contributed by atoms with E-state index in [4.69, 9.17) is 4.74 Å². The highest BCUT2D eigenvalue weighted by atomic mass is 16.5. The number of aryl methyl sites for hydroxylation is 2.